The number of nitrogens with one attached hydrogen (secondary N) is 1. The topological polar surface area (TPSA) is 72.8 Å². The Kier molecular flexibility index (Phi) is 8.12. The number of hydrogen-bond acceptors (Lipinski definition) is 3. The van der Waals surface area contributed by atoms with Gasteiger partial charge in [-0.05, 0) is 57.9 Å². The third kappa shape index (κ3) is 7.31. The van der Waals surface area contributed by atoms with Crippen molar-refractivity contribution in [3.05, 3.63) is 35.9 Å². The summed E-state index contributed by atoms with van der Waals surface area (Å²) in [5, 5.41) is 24.6. The molecule has 5 heteroatoms. The summed E-state index contributed by atoms with van der Waals surface area (Å²) in [6.07, 6.45) is 4.56. The average Bonchev–Trinajstić information content (AvgIpc) is 3.38. The minimum absolute atomic E-state index is 0.142. The quantitative estimate of drug-likeness (QED) is 0.500. The van der Waals surface area contributed by atoms with Crippen molar-refractivity contribution in [2.75, 3.05) is 6.54 Å². The molecule has 5 nitrogen and oxygen atoms in total. The molecule has 0 saturated heterocycles. The van der Waals surface area contributed by atoms with E-state index in [-0.39, 0.29) is 5.54 Å². The zero-order chi connectivity index (χ0) is 21.7. The SMILES string of the molecule is CC(C)CCCC1(NC[C@@H](O)[C@H](Cc2ccccc2)N(C(=O)O)C(C)(C)C)CC1. The van der Waals surface area contributed by atoms with Crippen molar-refractivity contribution in [2.24, 2.45) is 5.92 Å². The van der Waals surface area contributed by atoms with Crippen molar-refractivity contribution in [1.82, 2.24) is 10.2 Å². The van der Waals surface area contributed by atoms with E-state index in [0.717, 1.165) is 24.8 Å². The van der Waals surface area contributed by atoms with E-state index in [9.17, 15) is 15.0 Å². The molecule has 1 fully saturated rings. The predicted octanol–water partition coefficient (Wildman–Crippen LogP) is 4.69. The highest BCUT2D eigenvalue weighted by molar-refractivity contribution is 5.66. The molecule has 0 heterocycles. The van der Waals surface area contributed by atoms with Crippen molar-refractivity contribution in [2.45, 2.75) is 96.4 Å². The van der Waals surface area contributed by atoms with E-state index in [1.807, 2.05) is 51.1 Å². The second kappa shape index (κ2) is 9.94. The van der Waals surface area contributed by atoms with Crippen LogP contribution in [0, 0.1) is 5.92 Å². The number of amides is 1. The summed E-state index contributed by atoms with van der Waals surface area (Å²) < 4.78 is 0. The number of carboxylic acid groups (broad SMARTS) is 1. The Morgan fingerprint density at radius 3 is 2.31 bits per heavy atom. The monoisotopic (exact) mass is 404 g/mol. The Labute approximate surface area is 176 Å². The number of nitrogens with zero attached hydrogens (tertiary/aromatic N) is 1. The molecule has 2 rings (SSSR count). The van der Waals surface area contributed by atoms with Gasteiger partial charge in [-0.2, -0.15) is 0 Å². The molecule has 0 spiro atoms. The van der Waals surface area contributed by atoms with E-state index in [1.165, 1.54) is 17.7 Å². The van der Waals surface area contributed by atoms with Crippen LogP contribution in [0.5, 0.6) is 0 Å². The van der Waals surface area contributed by atoms with Crippen molar-refractivity contribution in [3.63, 3.8) is 0 Å². The lowest BCUT2D eigenvalue weighted by Crippen LogP contribution is -2.58. The summed E-state index contributed by atoms with van der Waals surface area (Å²) in [4.78, 5) is 13.5. The lowest BCUT2D eigenvalue weighted by molar-refractivity contribution is 0.00641. The number of benzene rings is 1. The third-order valence-corrected chi connectivity index (χ3v) is 5.97. The van der Waals surface area contributed by atoms with E-state index >= 15 is 0 Å². The smallest absolute Gasteiger partial charge is 0.408 e. The fourth-order valence-corrected chi connectivity index (χ4v) is 4.15. The summed E-state index contributed by atoms with van der Waals surface area (Å²) in [6.45, 7) is 10.6. The van der Waals surface area contributed by atoms with E-state index in [4.69, 9.17) is 0 Å². The molecule has 1 aliphatic carbocycles. The standard InChI is InChI=1S/C24H40N2O3/c1-18(2)10-9-13-24(14-15-24)25-17-21(27)20(16-19-11-7-6-8-12-19)26(22(28)29)23(3,4)5/h6-8,11-12,18,20-21,25,27H,9-10,13-17H2,1-5H3,(H,28,29)/t20-,21+/m0/s1. The van der Waals surface area contributed by atoms with Gasteiger partial charge in [0.15, 0.2) is 0 Å². The Balaban J connectivity index is 2.08. The van der Waals surface area contributed by atoms with Gasteiger partial charge in [0.2, 0.25) is 0 Å². The molecule has 1 aromatic rings. The highest BCUT2D eigenvalue weighted by Crippen LogP contribution is 2.40. The van der Waals surface area contributed by atoms with Crippen molar-refractivity contribution >= 4 is 6.09 Å². The Morgan fingerprint density at radius 2 is 1.83 bits per heavy atom. The molecule has 1 aliphatic rings. The molecular weight excluding hydrogens is 364 g/mol. The maximum atomic E-state index is 12.1. The van der Waals surface area contributed by atoms with Crippen molar-refractivity contribution in [1.29, 1.82) is 0 Å². The van der Waals surface area contributed by atoms with Gasteiger partial charge in [0.1, 0.15) is 0 Å². The summed E-state index contributed by atoms with van der Waals surface area (Å²) in [5.74, 6) is 0.711. The molecular formula is C24H40N2O3. The Bertz CT molecular complexity index is 635. The van der Waals surface area contributed by atoms with Crippen LogP contribution in [0.2, 0.25) is 0 Å². The number of rotatable bonds is 11. The summed E-state index contributed by atoms with van der Waals surface area (Å²) >= 11 is 0. The summed E-state index contributed by atoms with van der Waals surface area (Å²) in [5.41, 5.74) is 0.578. The van der Waals surface area contributed by atoms with Crippen LogP contribution in [-0.2, 0) is 6.42 Å². The minimum atomic E-state index is -0.990. The molecule has 0 aliphatic heterocycles. The van der Waals surface area contributed by atoms with Gasteiger partial charge < -0.3 is 15.5 Å². The molecule has 2 atom stereocenters. The van der Waals surface area contributed by atoms with E-state index in [0.29, 0.717) is 18.9 Å². The van der Waals surface area contributed by atoms with E-state index in [2.05, 4.69) is 19.2 Å². The number of β-amino-alcohol motifs (C(OH)–C–C–N with tert-alkyl or cyclic N) is 1. The summed E-state index contributed by atoms with van der Waals surface area (Å²) in [6, 6.07) is 9.33. The number of aliphatic hydroxyl groups excluding tert-OH is 1. The number of carbonyl (C=O) groups is 1. The molecule has 1 saturated carbocycles. The molecule has 29 heavy (non-hydrogen) atoms. The lowest BCUT2D eigenvalue weighted by atomic mass is 9.94. The average molecular weight is 405 g/mol. The van der Waals surface area contributed by atoms with Gasteiger partial charge >= 0.3 is 6.09 Å². The minimum Gasteiger partial charge on any atom is -0.465 e. The molecule has 0 radical (unpaired) electrons. The molecule has 0 aromatic heterocycles. The normalized spacial score (nSPS) is 17.8. The van der Waals surface area contributed by atoms with E-state index in [1.54, 1.807) is 0 Å². The van der Waals surface area contributed by atoms with Crippen LogP contribution >= 0.6 is 0 Å². The fraction of sp³-hybridized carbons (Fsp3) is 0.708. The third-order valence-electron chi connectivity index (χ3n) is 5.97. The first-order valence-corrected chi connectivity index (χ1v) is 11.0. The van der Waals surface area contributed by atoms with Crippen LogP contribution in [0.4, 0.5) is 4.79 Å². The van der Waals surface area contributed by atoms with Gasteiger partial charge in [-0.3, -0.25) is 4.90 Å². The van der Waals surface area contributed by atoms with Gasteiger partial charge in [0.05, 0.1) is 12.1 Å². The van der Waals surface area contributed by atoms with Crippen LogP contribution in [0.3, 0.4) is 0 Å². The van der Waals surface area contributed by atoms with Gasteiger partial charge in [0, 0.05) is 17.6 Å². The van der Waals surface area contributed by atoms with Crippen LogP contribution < -0.4 is 5.32 Å². The van der Waals surface area contributed by atoms with Crippen LogP contribution in [0.25, 0.3) is 0 Å². The van der Waals surface area contributed by atoms with Gasteiger partial charge in [-0.15, -0.1) is 0 Å². The maximum Gasteiger partial charge on any atom is 0.408 e. The zero-order valence-corrected chi connectivity index (χ0v) is 18.8. The van der Waals surface area contributed by atoms with Gasteiger partial charge in [-0.1, -0.05) is 57.0 Å². The van der Waals surface area contributed by atoms with Gasteiger partial charge in [-0.25, -0.2) is 4.79 Å². The largest absolute Gasteiger partial charge is 0.465 e. The Hall–Kier alpha value is -1.59. The summed E-state index contributed by atoms with van der Waals surface area (Å²) in [7, 11) is 0. The number of hydrogen-bond donors (Lipinski definition) is 3. The molecule has 164 valence electrons. The second-order valence-corrected chi connectivity index (χ2v) is 10.1. The predicted molar refractivity (Wildman–Crippen MR) is 118 cm³/mol. The Morgan fingerprint density at radius 1 is 1.21 bits per heavy atom. The lowest BCUT2D eigenvalue weighted by Gasteiger charge is -2.42. The van der Waals surface area contributed by atoms with E-state index < -0.39 is 23.8 Å². The van der Waals surface area contributed by atoms with Crippen LogP contribution in [-0.4, -0.2) is 51.0 Å². The van der Waals surface area contributed by atoms with Crippen molar-refractivity contribution in [3.8, 4) is 0 Å². The maximum absolute atomic E-state index is 12.1. The first-order valence-electron chi connectivity index (χ1n) is 11.0. The first-order chi connectivity index (χ1) is 13.5. The van der Waals surface area contributed by atoms with Crippen molar-refractivity contribution < 1.29 is 15.0 Å². The highest BCUT2D eigenvalue weighted by Gasteiger charge is 2.43. The second-order valence-electron chi connectivity index (χ2n) is 10.1. The van der Waals surface area contributed by atoms with Gasteiger partial charge in [0.25, 0.3) is 0 Å². The van der Waals surface area contributed by atoms with Crippen LogP contribution in [0.15, 0.2) is 30.3 Å². The zero-order valence-electron chi connectivity index (χ0n) is 18.8. The molecule has 1 amide bonds. The molecule has 0 bridgehead atoms. The number of aliphatic hydroxyl groups is 1. The highest BCUT2D eigenvalue weighted by atomic mass is 16.4. The first kappa shape index (κ1) is 23.7. The molecule has 1 aromatic carbocycles. The molecule has 3 N–H and O–H groups in total. The van der Waals surface area contributed by atoms with Crippen LogP contribution in [0.1, 0.15) is 72.3 Å². The molecule has 0 unspecified atom stereocenters. The fourth-order valence-electron chi connectivity index (χ4n) is 4.15.